The highest BCUT2D eigenvalue weighted by molar-refractivity contribution is 5.88. The van der Waals surface area contributed by atoms with Crippen molar-refractivity contribution in [1.29, 1.82) is 0 Å². The minimum absolute atomic E-state index is 0.0461. The highest BCUT2D eigenvalue weighted by Crippen LogP contribution is 2.10. The fourth-order valence-electron chi connectivity index (χ4n) is 1.89. The number of nitrogens with zero attached hydrogens (tertiary/aromatic N) is 1. The zero-order valence-corrected chi connectivity index (χ0v) is 11.3. The molecule has 0 aromatic rings. The monoisotopic (exact) mass is 257 g/mol. The van der Waals surface area contributed by atoms with E-state index in [1.165, 1.54) is 0 Å². The van der Waals surface area contributed by atoms with Crippen LogP contribution in [0.5, 0.6) is 0 Å². The predicted octanol–water partition coefficient (Wildman–Crippen LogP) is -0.524. The molecule has 0 radical (unpaired) electrons. The molecule has 6 heteroatoms. The van der Waals surface area contributed by atoms with E-state index in [0.717, 1.165) is 0 Å². The minimum Gasteiger partial charge on any atom is -0.377 e. The Morgan fingerprint density at radius 2 is 2.11 bits per heavy atom. The maximum Gasteiger partial charge on any atom is 0.245 e. The van der Waals surface area contributed by atoms with Crippen LogP contribution in [-0.4, -0.2) is 54.6 Å². The minimum atomic E-state index is -0.535. The van der Waals surface area contributed by atoms with Gasteiger partial charge < -0.3 is 20.7 Å². The summed E-state index contributed by atoms with van der Waals surface area (Å²) < 4.78 is 5.28. The summed E-state index contributed by atoms with van der Waals surface area (Å²) in [6, 6.07) is -0.689. The third-order valence-corrected chi connectivity index (χ3v) is 2.68. The molecule has 0 aromatic carbocycles. The lowest BCUT2D eigenvalue weighted by molar-refractivity contribution is -0.148. The van der Waals surface area contributed by atoms with Gasteiger partial charge in [-0.15, -0.1) is 0 Å². The van der Waals surface area contributed by atoms with Gasteiger partial charge in [0.15, 0.2) is 0 Å². The Bertz CT molecular complexity index is 275. The average molecular weight is 257 g/mol. The fourth-order valence-corrected chi connectivity index (χ4v) is 1.89. The van der Waals surface area contributed by atoms with E-state index < -0.39 is 6.04 Å². The van der Waals surface area contributed by atoms with Crippen LogP contribution in [0.3, 0.4) is 0 Å². The molecule has 2 unspecified atom stereocenters. The number of hydrogen-bond donors (Lipinski definition) is 2. The maximum atomic E-state index is 12.0. The molecule has 2 amide bonds. The highest BCUT2D eigenvalue weighted by Gasteiger charge is 2.32. The molecule has 1 heterocycles. The summed E-state index contributed by atoms with van der Waals surface area (Å²) in [5.41, 5.74) is 5.62. The lowest BCUT2D eigenvalue weighted by Gasteiger charge is -2.35. The summed E-state index contributed by atoms with van der Waals surface area (Å²) in [6.07, 6.45) is 0.255. The zero-order valence-electron chi connectivity index (χ0n) is 11.3. The number of ether oxygens (including phenoxy) is 1. The van der Waals surface area contributed by atoms with Crippen LogP contribution in [0.15, 0.2) is 0 Å². The summed E-state index contributed by atoms with van der Waals surface area (Å²) in [6.45, 7) is 6.72. The van der Waals surface area contributed by atoms with Gasteiger partial charge in [0.05, 0.1) is 13.2 Å². The molecule has 1 aliphatic rings. The Balaban J connectivity index is 2.67. The quantitative estimate of drug-likeness (QED) is 0.709. The first kappa shape index (κ1) is 14.9. The molecule has 0 spiro atoms. The van der Waals surface area contributed by atoms with Crippen LogP contribution in [-0.2, 0) is 14.3 Å². The molecule has 18 heavy (non-hydrogen) atoms. The Morgan fingerprint density at radius 1 is 1.44 bits per heavy atom. The van der Waals surface area contributed by atoms with Crippen LogP contribution in [0.4, 0.5) is 0 Å². The zero-order chi connectivity index (χ0) is 13.7. The van der Waals surface area contributed by atoms with E-state index in [1.807, 2.05) is 13.8 Å². The van der Waals surface area contributed by atoms with Gasteiger partial charge in [-0.25, -0.2) is 0 Å². The normalized spacial score (nSPS) is 21.8. The van der Waals surface area contributed by atoms with Gasteiger partial charge in [0.2, 0.25) is 11.8 Å². The number of hydrogen-bond acceptors (Lipinski definition) is 4. The van der Waals surface area contributed by atoms with Gasteiger partial charge in [0, 0.05) is 25.0 Å². The van der Waals surface area contributed by atoms with Gasteiger partial charge >= 0.3 is 0 Å². The van der Waals surface area contributed by atoms with Crippen molar-refractivity contribution in [3.05, 3.63) is 0 Å². The smallest absolute Gasteiger partial charge is 0.245 e. The van der Waals surface area contributed by atoms with Crippen molar-refractivity contribution in [2.45, 2.75) is 45.3 Å². The third kappa shape index (κ3) is 4.27. The van der Waals surface area contributed by atoms with E-state index in [0.29, 0.717) is 13.2 Å². The number of carbonyl (C=O) groups is 2. The lowest BCUT2D eigenvalue weighted by atomic mass is 10.1. The van der Waals surface area contributed by atoms with Gasteiger partial charge in [-0.05, 0) is 20.8 Å². The number of carbonyl (C=O) groups excluding carboxylic acids is 2. The molecule has 3 N–H and O–H groups in total. The SMILES string of the molecule is CC(N)CC(=O)N1CCOCC1C(=O)NC(C)C. The van der Waals surface area contributed by atoms with Crippen LogP contribution < -0.4 is 11.1 Å². The molecule has 0 aliphatic carbocycles. The Labute approximate surface area is 108 Å². The highest BCUT2D eigenvalue weighted by atomic mass is 16.5. The molecule has 1 fully saturated rings. The standard InChI is InChI=1S/C12H23N3O3/c1-8(2)14-12(17)10-7-18-5-4-15(10)11(16)6-9(3)13/h8-10H,4-7,13H2,1-3H3,(H,14,17). The second-order valence-corrected chi connectivity index (χ2v) is 5.02. The number of morpholine rings is 1. The number of rotatable bonds is 4. The van der Waals surface area contributed by atoms with E-state index in [-0.39, 0.29) is 36.9 Å². The first-order valence-corrected chi connectivity index (χ1v) is 6.35. The van der Waals surface area contributed by atoms with E-state index in [4.69, 9.17) is 10.5 Å². The molecule has 1 aliphatic heterocycles. The molecular weight excluding hydrogens is 234 g/mol. The molecule has 0 saturated carbocycles. The van der Waals surface area contributed by atoms with Crippen LogP contribution in [0.25, 0.3) is 0 Å². The molecule has 1 rings (SSSR count). The molecule has 104 valence electrons. The van der Waals surface area contributed by atoms with Crippen molar-refractivity contribution < 1.29 is 14.3 Å². The van der Waals surface area contributed by atoms with Crippen molar-refractivity contribution >= 4 is 11.8 Å². The topological polar surface area (TPSA) is 84.7 Å². The van der Waals surface area contributed by atoms with Crippen molar-refractivity contribution in [3.8, 4) is 0 Å². The van der Waals surface area contributed by atoms with E-state index in [9.17, 15) is 9.59 Å². The summed E-state index contributed by atoms with van der Waals surface area (Å²) in [4.78, 5) is 25.6. The third-order valence-electron chi connectivity index (χ3n) is 2.68. The predicted molar refractivity (Wildman–Crippen MR) is 67.9 cm³/mol. The fraction of sp³-hybridized carbons (Fsp3) is 0.833. The Hall–Kier alpha value is -1.14. The van der Waals surface area contributed by atoms with Crippen LogP contribution in [0.2, 0.25) is 0 Å². The lowest BCUT2D eigenvalue weighted by Crippen LogP contribution is -2.57. The van der Waals surface area contributed by atoms with Crippen LogP contribution >= 0.6 is 0 Å². The van der Waals surface area contributed by atoms with Gasteiger partial charge in [0.25, 0.3) is 0 Å². The van der Waals surface area contributed by atoms with Crippen molar-refractivity contribution in [2.75, 3.05) is 19.8 Å². The number of amides is 2. The van der Waals surface area contributed by atoms with Gasteiger partial charge in [-0.2, -0.15) is 0 Å². The average Bonchev–Trinajstić information content (AvgIpc) is 2.27. The summed E-state index contributed by atoms with van der Waals surface area (Å²) in [5.74, 6) is -0.250. The maximum absolute atomic E-state index is 12.0. The number of nitrogens with one attached hydrogen (secondary N) is 1. The molecule has 1 saturated heterocycles. The van der Waals surface area contributed by atoms with E-state index in [2.05, 4.69) is 5.32 Å². The van der Waals surface area contributed by atoms with Gasteiger partial charge in [-0.1, -0.05) is 0 Å². The van der Waals surface area contributed by atoms with E-state index in [1.54, 1.807) is 11.8 Å². The van der Waals surface area contributed by atoms with Crippen molar-refractivity contribution in [3.63, 3.8) is 0 Å². The van der Waals surface area contributed by atoms with Crippen molar-refractivity contribution in [1.82, 2.24) is 10.2 Å². The Morgan fingerprint density at radius 3 is 2.67 bits per heavy atom. The first-order chi connectivity index (χ1) is 8.41. The molecule has 2 atom stereocenters. The van der Waals surface area contributed by atoms with E-state index >= 15 is 0 Å². The molecule has 0 aromatic heterocycles. The largest absolute Gasteiger partial charge is 0.377 e. The van der Waals surface area contributed by atoms with Gasteiger partial charge in [0.1, 0.15) is 6.04 Å². The van der Waals surface area contributed by atoms with Crippen molar-refractivity contribution in [2.24, 2.45) is 5.73 Å². The van der Waals surface area contributed by atoms with Crippen LogP contribution in [0, 0.1) is 0 Å². The summed E-state index contributed by atoms with van der Waals surface area (Å²) >= 11 is 0. The second-order valence-electron chi connectivity index (χ2n) is 5.02. The molecular formula is C12H23N3O3. The molecule has 6 nitrogen and oxygen atoms in total. The molecule has 0 bridgehead atoms. The van der Waals surface area contributed by atoms with Gasteiger partial charge in [-0.3, -0.25) is 9.59 Å². The second kappa shape index (κ2) is 6.70. The number of nitrogens with two attached hydrogens (primary N) is 1. The summed E-state index contributed by atoms with van der Waals surface area (Å²) in [7, 11) is 0. The first-order valence-electron chi connectivity index (χ1n) is 6.35. The van der Waals surface area contributed by atoms with Crippen LogP contribution in [0.1, 0.15) is 27.2 Å². The Kier molecular flexibility index (Phi) is 5.55. The summed E-state index contributed by atoms with van der Waals surface area (Å²) in [5, 5.41) is 2.81.